The Morgan fingerprint density at radius 3 is 2.84 bits per heavy atom. The van der Waals surface area contributed by atoms with Crippen molar-refractivity contribution < 1.29 is 4.74 Å². The van der Waals surface area contributed by atoms with E-state index in [4.69, 9.17) is 10.5 Å². The largest absolute Gasteiger partial charge is 0.376 e. The third-order valence-electron chi connectivity index (χ3n) is 3.74. The molecule has 2 N–H and O–H groups in total. The van der Waals surface area contributed by atoms with Gasteiger partial charge in [-0.25, -0.2) is 0 Å². The van der Waals surface area contributed by atoms with Gasteiger partial charge < -0.3 is 10.5 Å². The van der Waals surface area contributed by atoms with Crippen LogP contribution in [0.3, 0.4) is 0 Å². The van der Waals surface area contributed by atoms with Gasteiger partial charge in [-0.15, -0.1) is 0 Å². The molecule has 0 aromatic heterocycles. The third kappa shape index (κ3) is 3.57. The van der Waals surface area contributed by atoms with Crippen LogP contribution in [0.1, 0.15) is 31.9 Å². The zero-order valence-electron chi connectivity index (χ0n) is 11.7. The Morgan fingerprint density at radius 2 is 2.21 bits per heavy atom. The fourth-order valence-corrected chi connectivity index (χ4v) is 3.29. The van der Waals surface area contributed by atoms with Crippen LogP contribution in [-0.2, 0) is 4.74 Å². The molecule has 3 atom stereocenters. The van der Waals surface area contributed by atoms with E-state index in [1.807, 2.05) is 6.07 Å². The van der Waals surface area contributed by atoms with Gasteiger partial charge in [-0.1, -0.05) is 41.1 Å². The van der Waals surface area contributed by atoms with E-state index in [0.717, 1.165) is 30.6 Å². The summed E-state index contributed by atoms with van der Waals surface area (Å²) < 4.78 is 6.90. The highest BCUT2D eigenvalue weighted by atomic mass is 79.9. The molecular formula is C15H23BrN2O. The number of rotatable bonds is 4. The molecule has 1 heterocycles. The standard InChI is InChI=1S/C15H23BrN2O/c1-3-12-10-18(8-9-19-12)15(11(2)17)13-6-4-5-7-14(13)16/h4-7,11-12,15H,3,8-10,17H2,1-2H3. The second-order valence-electron chi connectivity index (χ2n) is 5.22. The van der Waals surface area contributed by atoms with Gasteiger partial charge >= 0.3 is 0 Å². The molecule has 1 aliphatic rings. The number of hydrogen-bond acceptors (Lipinski definition) is 3. The highest BCUT2D eigenvalue weighted by molar-refractivity contribution is 9.10. The molecule has 2 rings (SSSR count). The van der Waals surface area contributed by atoms with Crippen LogP contribution in [0.5, 0.6) is 0 Å². The van der Waals surface area contributed by atoms with Gasteiger partial charge in [-0.05, 0) is 25.0 Å². The van der Waals surface area contributed by atoms with E-state index in [1.165, 1.54) is 5.56 Å². The molecule has 1 aliphatic heterocycles. The molecule has 0 spiro atoms. The smallest absolute Gasteiger partial charge is 0.0700 e. The first-order chi connectivity index (χ1) is 9.13. The first-order valence-electron chi connectivity index (χ1n) is 6.99. The van der Waals surface area contributed by atoms with Crippen molar-refractivity contribution in [1.82, 2.24) is 4.90 Å². The summed E-state index contributed by atoms with van der Waals surface area (Å²) in [5.74, 6) is 0. The second kappa shape index (κ2) is 6.84. The third-order valence-corrected chi connectivity index (χ3v) is 4.46. The minimum Gasteiger partial charge on any atom is -0.376 e. The van der Waals surface area contributed by atoms with Crippen molar-refractivity contribution in [3.05, 3.63) is 34.3 Å². The van der Waals surface area contributed by atoms with E-state index in [0.29, 0.717) is 6.10 Å². The lowest BCUT2D eigenvalue weighted by atomic mass is 9.98. The van der Waals surface area contributed by atoms with Crippen LogP contribution in [0.15, 0.2) is 28.7 Å². The van der Waals surface area contributed by atoms with E-state index >= 15 is 0 Å². The van der Waals surface area contributed by atoms with E-state index in [2.05, 4.69) is 52.9 Å². The molecule has 0 radical (unpaired) electrons. The van der Waals surface area contributed by atoms with Crippen molar-refractivity contribution in [3.63, 3.8) is 0 Å². The molecule has 1 aromatic carbocycles. The first kappa shape index (κ1) is 15.0. The Bertz CT molecular complexity index is 411. The van der Waals surface area contributed by atoms with Gasteiger partial charge in [0, 0.05) is 23.6 Å². The molecule has 0 aliphatic carbocycles. The van der Waals surface area contributed by atoms with Gasteiger partial charge in [0.1, 0.15) is 0 Å². The van der Waals surface area contributed by atoms with Gasteiger partial charge in [0.15, 0.2) is 0 Å². The average molecular weight is 327 g/mol. The van der Waals surface area contributed by atoms with Crippen LogP contribution < -0.4 is 5.73 Å². The zero-order chi connectivity index (χ0) is 13.8. The van der Waals surface area contributed by atoms with Crippen LogP contribution in [0.25, 0.3) is 0 Å². The number of hydrogen-bond donors (Lipinski definition) is 1. The fourth-order valence-electron chi connectivity index (χ4n) is 2.77. The summed E-state index contributed by atoms with van der Waals surface area (Å²) in [4.78, 5) is 2.46. The second-order valence-corrected chi connectivity index (χ2v) is 6.08. The van der Waals surface area contributed by atoms with Crippen molar-refractivity contribution in [3.8, 4) is 0 Å². The summed E-state index contributed by atoms with van der Waals surface area (Å²) in [6.45, 7) is 6.97. The highest BCUT2D eigenvalue weighted by Crippen LogP contribution is 2.31. The molecule has 0 bridgehead atoms. The van der Waals surface area contributed by atoms with Crippen molar-refractivity contribution >= 4 is 15.9 Å². The molecule has 1 saturated heterocycles. The lowest BCUT2D eigenvalue weighted by Crippen LogP contribution is -2.48. The molecule has 1 fully saturated rings. The van der Waals surface area contributed by atoms with Gasteiger partial charge in [0.2, 0.25) is 0 Å². The quantitative estimate of drug-likeness (QED) is 0.924. The molecule has 19 heavy (non-hydrogen) atoms. The maximum absolute atomic E-state index is 6.25. The van der Waals surface area contributed by atoms with E-state index < -0.39 is 0 Å². The zero-order valence-corrected chi connectivity index (χ0v) is 13.3. The van der Waals surface area contributed by atoms with Gasteiger partial charge in [-0.3, -0.25) is 4.90 Å². The SMILES string of the molecule is CCC1CN(C(c2ccccc2Br)C(C)N)CCO1. The Morgan fingerprint density at radius 1 is 1.47 bits per heavy atom. The predicted octanol–water partition coefficient (Wildman–Crippen LogP) is 2.95. The monoisotopic (exact) mass is 326 g/mol. The average Bonchev–Trinajstić information content (AvgIpc) is 2.41. The fraction of sp³-hybridized carbons (Fsp3) is 0.600. The Balaban J connectivity index is 2.23. The summed E-state index contributed by atoms with van der Waals surface area (Å²) in [6.07, 6.45) is 1.38. The summed E-state index contributed by atoms with van der Waals surface area (Å²) >= 11 is 3.65. The number of benzene rings is 1. The Labute approximate surface area is 124 Å². The topological polar surface area (TPSA) is 38.5 Å². The highest BCUT2D eigenvalue weighted by Gasteiger charge is 2.29. The lowest BCUT2D eigenvalue weighted by Gasteiger charge is -2.40. The molecule has 4 heteroatoms. The molecular weight excluding hydrogens is 304 g/mol. The van der Waals surface area contributed by atoms with Gasteiger partial charge in [-0.2, -0.15) is 0 Å². The van der Waals surface area contributed by atoms with Crippen LogP contribution >= 0.6 is 15.9 Å². The molecule has 3 unspecified atom stereocenters. The maximum Gasteiger partial charge on any atom is 0.0700 e. The van der Waals surface area contributed by atoms with E-state index in [1.54, 1.807) is 0 Å². The lowest BCUT2D eigenvalue weighted by molar-refractivity contribution is -0.0478. The number of morpholine rings is 1. The van der Waals surface area contributed by atoms with Crippen molar-refractivity contribution in [1.29, 1.82) is 0 Å². The summed E-state index contributed by atoms with van der Waals surface area (Å²) in [7, 11) is 0. The minimum atomic E-state index is 0.0920. The maximum atomic E-state index is 6.25. The molecule has 0 amide bonds. The predicted molar refractivity (Wildman–Crippen MR) is 82.1 cm³/mol. The van der Waals surface area contributed by atoms with E-state index in [-0.39, 0.29) is 12.1 Å². The molecule has 0 saturated carbocycles. The van der Waals surface area contributed by atoms with Gasteiger partial charge in [0.05, 0.1) is 18.8 Å². The Kier molecular flexibility index (Phi) is 5.39. The summed E-state index contributed by atoms with van der Waals surface area (Å²) in [5, 5.41) is 0. The summed E-state index contributed by atoms with van der Waals surface area (Å²) in [5.41, 5.74) is 7.52. The minimum absolute atomic E-state index is 0.0920. The molecule has 1 aromatic rings. The number of nitrogens with two attached hydrogens (primary N) is 1. The van der Waals surface area contributed by atoms with Crippen LogP contribution in [-0.4, -0.2) is 36.7 Å². The van der Waals surface area contributed by atoms with Crippen LogP contribution in [0.4, 0.5) is 0 Å². The number of ether oxygens (including phenoxy) is 1. The van der Waals surface area contributed by atoms with Gasteiger partial charge in [0.25, 0.3) is 0 Å². The van der Waals surface area contributed by atoms with Crippen molar-refractivity contribution in [2.45, 2.75) is 38.5 Å². The Hall–Kier alpha value is -0.420. The van der Waals surface area contributed by atoms with Crippen molar-refractivity contribution in [2.75, 3.05) is 19.7 Å². The number of halogens is 1. The first-order valence-corrected chi connectivity index (χ1v) is 7.78. The van der Waals surface area contributed by atoms with Crippen LogP contribution in [0, 0.1) is 0 Å². The van der Waals surface area contributed by atoms with Crippen molar-refractivity contribution in [2.24, 2.45) is 5.73 Å². The summed E-state index contributed by atoms with van der Waals surface area (Å²) in [6, 6.07) is 8.70. The normalized spacial score (nSPS) is 24.1. The molecule has 3 nitrogen and oxygen atoms in total. The van der Waals surface area contributed by atoms with E-state index in [9.17, 15) is 0 Å². The molecule has 106 valence electrons. The van der Waals surface area contributed by atoms with Crippen LogP contribution in [0.2, 0.25) is 0 Å². The number of nitrogens with zero attached hydrogens (tertiary/aromatic N) is 1.